The third kappa shape index (κ3) is 3.49. The van der Waals surface area contributed by atoms with E-state index in [0.29, 0.717) is 5.75 Å². The summed E-state index contributed by atoms with van der Waals surface area (Å²) < 4.78 is 1.84. The van der Waals surface area contributed by atoms with E-state index in [-0.39, 0.29) is 0 Å². The van der Waals surface area contributed by atoms with E-state index < -0.39 is 0 Å². The molecule has 1 heterocycles. The molecule has 0 radical (unpaired) electrons. The Morgan fingerprint density at radius 2 is 1.52 bits per heavy atom. The number of benzene rings is 2. The predicted molar refractivity (Wildman–Crippen MR) is 82.2 cm³/mol. The first kappa shape index (κ1) is 13.4. The molecule has 0 unspecified atom stereocenters. The minimum Gasteiger partial charge on any atom is -0.508 e. The molecule has 4 nitrogen and oxygen atoms in total. The second kappa shape index (κ2) is 6.24. The quantitative estimate of drug-likeness (QED) is 0.755. The van der Waals surface area contributed by atoms with Crippen molar-refractivity contribution in [3.8, 4) is 11.4 Å². The van der Waals surface area contributed by atoms with E-state index in [1.807, 2.05) is 29.1 Å². The highest BCUT2D eigenvalue weighted by atomic mass is 16.3. The maximum atomic E-state index is 9.24. The van der Waals surface area contributed by atoms with Gasteiger partial charge in [0.2, 0.25) is 0 Å². The van der Waals surface area contributed by atoms with Crippen LogP contribution in [-0.2, 0) is 13.1 Å². The van der Waals surface area contributed by atoms with E-state index in [4.69, 9.17) is 0 Å². The number of nitrogens with one attached hydrogen (secondary N) is 1. The zero-order chi connectivity index (χ0) is 14.5. The number of hydrogen-bond acceptors (Lipinski definition) is 3. The summed E-state index contributed by atoms with van der Waals surface area (Å²) in [6.07, 6.45) is 3.70. The van der Waals surface area contributed by atoms with Gasteiger partial charge in [0.15, 0.2) is 0 Å². The molecule has 0 bridgehead atoms. The summed E-state index contributed by atoms with van der Waals surface area (Å²) in [6, 6.07) is 17.5. The molecule has 0 aliphatic carbocycles. The highest BCUT2D eigenvalue weighted by Gasteiger charge is 1.98. The molecule has 0 saturated heterocycles. The average Bonchev–Trinajstić information content (AvgIpc) is 3.04. The van der Waals surface area contributed by atoms with Gasteiger partial charge in [-0.1, -0.05) is 24.3 Å². The molecule has 4 heteroatoms. The number of rotatable bonds is 5. The van der Waals surface area contributed by atoms with Crippen molar-refractivity contribution in [3.63, 3.8) is 0 Å². The van der Waals surface area contributed by atoms with Crippen LogP contribution in [0.15, 0.2) is 67.0 Å². The van der Waals surface area contributed by atoms with Crippen molar-refractivity contribution in [2.24, 2.45) is 0 Å². The molecule has 21 heavy (non-hydrogen) atoms. The van der Waals surface area contributed by atoms with Gasteiger partial charge in [-0.15, -0.1) is 0 Å². The van der Waals surface area contributed by atoms with Gasteiger partial charge < -0.3 is 10.4 Å². The Morgan fingerprint density at radius 1 is 0.905 bits per heavy atom. The van der Waals surface area contributed by atoms with Gasteiger partial charge in [-0.2, -0.15) is 5.10 Å². The Morgan fingerprint density at radius 3 is 2.10 bits per heavy atom. The highest BCUT2D eigenvalue weighted by molar-refractivity contribution is 5.33. The molecule has 1 aromatic heterocycles. The summed E-state index contributed by atoms with van der Waals surface area (Å²) in [6.45, 7) is 1.58. The van der Waals surface area contributed by atoms with Gasteiger partial charge in [-0.25, -0.2) is 4.68 Å². The zero-order valence-corrected chi connectivity index (χ0v) is 11.6. The molecule has 0 aliphatic rings. The number of phenols is 1. The number of phenolic OH excluding ortho intramolecular Hbond substituents is 1. The van der Waals surface area contributed by atoms with Crippen LogP contribution in [-0.4, -0.2) is 14.9 Å². The fourth-order valence-corrected chi connectivity index (χ4v) is 2.15. The molecule has 0 saturated carbocycles. The largest absolute Gasteiger partial charge is 0.508 e. The molecule has 3 rings (SSSR count). The van der Waals surface area contributed by atoms with E-state index in [1.54, 1.807) is 18.3 Å². The van der Waals surface area contributed by atoms with Crippen LogP contribution in [0, 0.1) is 0 Å². The molecule has 0 amide bonds. The lowest BCUT2D eigenvalue weighted by Gasteiger charge is -2.07. The van der Waals surface area contributed by atoms with Gasteiger partial charge in [-0.3, -0.25) is 0 Å². The zero-order valence-electron chi connectivity index (χ0n) is 11.6. The van der Waals surface area contributed by atoms with Crippen molar-refractivity contribution in [3.05, 3.63) is 78.1 Å². The average molecular weight is 279 g/mol. The van der Waals surface area contributed by atoms with E-state index in [1.165, 1.54) is 5.56 Å². The van der Waals surface area contributed by atoms with Crippen molar-refractivity contribution < 1.29 is 5.11 Å². The molecule has 3 aromatic rings. The summed E-state index contributed by atoms with van der Waals surface area (Å²) in [5.41, 5.74) is 3.44. The summed E-state index contributed by atoms with van der Waals surface area (Å²) >= 11 is 0. The van der Waals surface area contributed by atoms with Crippen molar-refractivity contribution in [1.82, 2.24) is 15.1 Å². The maximum Gasteiger partial charge on any atom is 0.115 e. The second-order valence-electron chi connectivity index (χ2n) is 4.89. The molecular formula is C17H17N3O. The first-order chi connectivity index (χ1) is 10.3. The lowest BCUT2D eigenvalue weighted by molar-refractivity contribution is 0.475. The molecule has 0 atom stereocenters. The van der Waals surface area contributed by atoms with Gasteiger partial charge in [0.1, 0.15) is 5.75 Å². The molecule has 2 aromatic carbocycles. The SMILES string of the molecule is Oc1ccc(CNCc2ccc(-n3cccn3)cc2)cc1. The summed E-state index contributed by atoms with van der Waals surface area (Å²) in [4.78, 5) is 0. The number of nitrogens with zero attached hydrogens (tertiary/aromatic N) is 2. The molecule has 0 spiro atoms. The Labute approximate surface area is 123 Å². The number of aromatic hydroxyl groups is 1. The Kier molecular flexibility index (Phi) is 3.98. The Bertz CT molecular complexity index is 673. The third-order valence-electron chi connectivity index (χ3n) is 3.30. The molecule has 0 aliphatic heterocycles. The monoisotopic (exact) mass is 279 g/mol. The number of hydrogen-bond donors (Lipinski definition) is 2. The van der Waals surface area contributed by atoms with Gasteiger partial charge in [0, 0.05) is 25.5 Å². The van der Waals surface area contributed by atoms with Crippen LogP contribution in [0.5, 0.6) is 5.75 Å². The summed E-state index contributed by atoms with van der Waals surface area (Å²) in [5.74, 6) is 0.299. The van der Waals surface area contributed by atoms with Crippen LogP contribution in [0.2, 0.25) is 0 Å². The second-order valence-corrected chi connectivity index (χ2v) is 4.89. The summed E-state index contributed by atoms with van der Waals surface area (Å²) in [5, 5.41) is 16.8. The lowest BCUT2D eigenvalue weighted by atomic mass is 10.2. The van der Waals surface area contributed by atoms with Crippen LogP contribution in [0.1, 0.15) is 11.1 Å². The van der Waals surface area contributed by atoms with E-state index in [2.05, 4.69) is 34.7 Å². The minimum absolute atomic E-state index is 0.299. The topological polar surface area (TPSA) is 50.1 Å². The fourth-order valence-electron chi connectivity index (χ4n) is 2.15. The minimum atomic E-state index is 0.299. The van der Waals surface area contributed by atoms with E-state index in [9.17, 15) is 5.11 Å². The smallest absolute Gasteiger partial charge is 0.115 e. The van der Waals surface area contributed by atoms with Crippen LogP contribution >= 0.6 is 0 Å². The fraction of sp³-hybridized carbons (Fsp3) is 0.118. The van der Waals surface area contributed by atoms with Crippen LogP contribution < -0.4 is 5.32 Å². The highest BCUT2D eigenvalue weighted by Crippen LogP contribution is 2.11. The van der Waals surface area contributed by atoms with Gasteiger partial charge in [0.05, 0.1) is 5.69 Å². The van der Waals surface area contributed by atoms with Crippen LogP contribution in [0.4, 0.5) is 0 Å². The van der Waals surface area contributed by atoms with E-state index in [0.717, 1.165) is 24.3 Å². The lowest BCUT2D eigenvalue weighted by Crippen LogP contribution is -2.12. The van der Waals surface area contributed by atoms with Gasteiger partial charge in [0.25, 0.3) is 0 Å². The standard InChI is InChI=1S/C17H17N3O/c21-17-8-4-15(5-9-17)13-18-12-14-2-6-16(7-3-14)20-11-1-10-19-20/h1-11,18,21H,12-13H2. The molecule has 0 fully saturated rings. The third-order valence-corrected chi connectivity index (χ3v) is 3.30. The van der Waals surface area contributed by atoms with Crippen LogP contribution in [0.25, 0.3) is 5.69 Å². The van der Waals surface area contributed by atoms with Gasteiger partial charge >= 0.3 is 0 Å². The Balaban J connectivity index is 1.55. The maximum absolute atomic E-state index is 9.24. The van der Waals surface area contributed by atoms with Gasteiger partial charge in [-0.05, 0) is 41.5 Å². The first-order valence-electron chi connectivity index (χ1n) is 6.89. The summed E-state index contributed by atoms with van der Waals surface area (Å²) in [7, 11) is 0. The van der Waals surface area contributed by atoms with Crippen molar-refractivity contribution in [2.45, 2.75) is 13.1 Å². The predicted octanol–water partition coefficient (Wildman–Crippen LogP) is 2.87. The van der Waals surface area contributed by atoms with E-state index >= 15 is 0 Å². The molecular weight excluding hydrogens is 262 g/mol. The number of aromatic nitrogens is 2. The van der Waals surface area contributed by atoms with Crippen molar-refractivity contribution in [1.29, 1.82) is 0 Å². The van der Waals surface area contributed by atoms with Crippen molar-refractivity contribution in [2.75, 3.05) is 0 Å². The first-order valence-corrected chi connectivity index (χ1v) is 6.89. The normalized spacial score (nSPS) is 10.7. The molecule has 2 N–H and O–H groups in total. The molecule has 106 valence electrons. The van der Waals surface area contributed by atoms with Crippen LogP contribution in [0.3, 0.4) is 0 Å². The van der Waals surface area contributed by atoms with Crippen molar-refractivity contribution >= 4 is 0 Å². The Hall–Kier alpha value is -2.59.